The van der Waals surface area contributed by atoms with Gasteiger partial charge in [0.15, 0.2) is 0 Å². The topological polar surface area (TPSA) is 65.2 Å². The summed E-state index contributed by atoms with van der Waals surface area (Å²) in [5.74, 6) is 0.345. The van der Waals surface area contributed by atoms with Crippen LogP contribution in [-0.2, 0) is 17.0 Å². The Morgan fingerprint density at radius 3 is 1.35 bits per heavy atom. The quantitative estimate of drug-likeness (QED) is 0.239. The van der Waals surface area contributed by atoms with Crippen molar-refractivity contribution < 1.29 is 27.2 Å². The van der Waals surface area contributed by atoms with Crippen molar-refractivity contribution in [2.75, 3.05) is 0 Å². The van der Waals surface area contributed by atoms with Crippen molar-refractivity contribution in [2.45, 2.75) is 0 Å². The Bertz CT molecular complexity index is 1140. The summed E-state index contributed by atoms with van der Waals surface area (Å²) in [4.78, 5) is 9.12. The molecule has 0 saturated heterocycles. The molecule has 0 aliphatic heterocycles. The van der Waals surface area contributed by atoms with Crippen molar-refractivity contribution in [3.63, 3.8) is 0 Å². The summed E-state index contributed by atoms with van der Waals surface area (Å²) in [6.45, 7) is 0. The number of hydrogen-bond donors (Lipinski definition) is 2. The van der Waals surface area contributed by atoms with E-state index in [2.05, 4.69) is 9.98 Å². The van der Waals surface area contributed by atoms with E-state index < -0.39 is 17.0 Å². The van der Waals surface area contributed by atoms with Gasteiger partial charge in [-0.1, -0.05) is 48.5 Å². The summed E-state index contributed by atoms with van der Waals surface area (Å²) in [5, 5.41) is 22.0. The molecule has 0 radical (unpaired) electrons. The normalized spacial score (nSPS) is 10.9. The molecule has 0 unspecified atom stereocenters. The molecule has 0 aliphatic carbocycles. The number of aliphatic imine (C=N–C) groups is 2. The van der Waals surface area contributed by atoms with Crippen LogP contribution in [0.2, 0.25) is 0 Å². The molecule has 2 N–H and O–H groups in total. The summed E-state index contributed by atoms with van der Waals surface area (Å²) < 4.78 is 0. The summed E-state index contributed by atoms with van der Waals surface area (Å²) in [6.07, 6.45) is 3.25. The molecule has 0 spiro atoms. The number of halogens is 2. The van der Waals surface area contributed by atoms with Gasteiger partial charge in [0.1, 0.15) is 11.5 Å². The Kier molecular flexibility index (Phi) is 8.68. The number of fused-ring (bicyclic) bond motifs is 1. The summed E-state index contributed by atoms with van der Waals surface area (Å²) in [5.41, 5.74) is 2.61. The van der Waals surface area contributed by atoms with E-state index in [1.54, 1.807) is 48.8 Å². The Morgan fingerprint density at radius 2 is 0.968 bits per heavy atom. The fourth-order valence-corrected chi connectivity index (χ4v) is 2.89. The Labute approximate surface area is 197 Å². The molecule has 4 aromatic carbocycles. The average Bonchev–Trinajstić information content (AvgIpc) is 2.78. The van der Waals surface area contributed by atoms with Crippen molar-refractivity contribution in [3.05, 3.63) is 96.1 Å². The predicted molar refractivity (Wildman–Crippen MR) is 126 cm³/mol. The molecular weight excluding hydrogens is 467 g/mol. The van der Waals surface area contributed by atoms with Gasteiger partial charge in [-0.15, -0.1) is 0 Å². The Hall–Kier alpha value is -2.63. The van der Waals surface area contributed by atoms with Crippen LogP contribution in [0.25, 0.3) is 10.8 Å². The first kappa shape index (κ1) is 23.0. The molecule has 0 saturated carbocycles. The van der Waals surface area contributed by atoms with E-state index in [4.69, 9.17) is 18.6 Å². The number of para-hydroxylation sites is 2. The third-order valence-corrected chi connectivity index (χ3v) is 4.40. The number of phenolic OH excluding ortho intramolecular Hbond substituents is 2. The molecular formula is C24H18Cl2N2O2Ti. The number of nitrogens with zero attached hydrogens (tertiary/aromatic N) is 2. The summed E-state index contributed by atoms with van der Waals surface area (Å²) in [7, 11) is 9.78. The Balaban J connectivity index is 0.000000858. The molecule has 4 rings (SSSR count). The third kappa shape index (κ3) is 6.43. The fourth-order valence-electron chi connectivity index (χ4n) is 2.89. The van der Waals surface area contributed by atoms with Gasteiger partial charge in [0.25, 0.3) is 0 Å². The zero-order valence-corrected chi connectivity index (χ0v) is 19.4. The number of hydrogen-bond acceptors (Lipinski definition) is 4. The van der Waals surface area contributed by atoms with Gasteiger partial charge >= 0.3 is 35.6 Å². The van der Waals surface area contributed by atoms with Gasteiger partial charge < -0.3 is 10.2 Å². The number of aromatic hydroxyl groups is 2. The van der Waals surface area contributed by atoms with Gasteiger partial charge in [-0.3, -0.25) is 9.98 Å². The van der Waals surface area contributed by atoms with Crippen molar-refractivity contribution >= 4 is 53.2 Å². The van der Waals surface area contributed by atoms with Gasteiger partial charge in [0, 0.05) is 23.6 Å². The molecule has 154 valence electrons. The second-order valence-corrected chi connectivity index (χ2v) is 8.97. The molecule has 0 amide bonds. The van der Waals surface area contributed by atoms with Crippen LogP contribution in [0.5, 0.6) is 11.5 Å². The first-order chi connectivity index (χ1) is 15.1. The standard InChI is InChI=1S/C24H18N2O2.2ClH.Ti/c27-23-11-5-3-9-19(23)15-25-21-13-17-7-1-2-8-18(17)14-22(21)26-16-20-10-4-6-12-24(20)28;;;/h1-16,27-28H;2*1H;/q;;;+2/p-2. The molecule has 0 bridgehead atoms. The maximum atomic E-state index is 9.96. The second-order valence-electron chi connectivity index (χ2n) is 6.39. The molecule has 0 heterocycles. The zero-order chi connectivity index (χ0) is 22.1. The van der Waals surface area contributed by atoms with Crippen LogP contribution >= 0.6 is 18.6 Å². The molecule has 0 atom stereocenters. The van der Waals surface area contributed by atoms with Crippen LogP contribution in [0.1, 0.15) is 11.1 Å². The minimum absolute atomic E-state index is 0.172. The summed E-state index contributed by atoms with van der Waals surface area (Å²) in [6, 6.07) is 26.0. The molecule has 31 heavy (non-hydrogen) atoms. The SMILES string of the molecule is Oc1ccccc1C=Nc1cc2ccccc2cc1N=Cc1ccccc1O.[Cl][Ti][Cl]. The molecule has 0 aromatic heterocycles. The van der Waals surface area contributed by atoms with Gasteiger partial charge in [-0.05, 0) is 47.2 Å². The van der Waals surface area contributed by atoms with Crippen LogP contribution in [0.15, 0.2) is 94.9 Å². The average molecular weight is 485 g/mol. The first-order valence-corrected chi connectivity index (χ1v) is 13.6. The number of phenols is 2. The van der Waals surface area contributed by atoms with Gasteiger partial charge in [0.05, 0.1) is 11.4 Å². The van der Waals surface area contributed by atoms with Crippen molar-refractivity contribution in [1.82, 2.24) is 0 Å². The molecule has 4 aromatic rings. The number of rotatable bonds is 4. The van der Waals surface area contributed by atoms with Crippen LogP contribution < -0.4 is 0 Å². The van der Waals surface area contributed by atoms with E-state index in [-0.39, 0.29) is 11.5 Å². The number of benzene rings is 4. The van der Waals surface area contributed by atoms with E-state index in [0.29, 0.717) is 22.5 Å². The van der Waals surface area contributed by atoms with Crippen LogP contribution in [0.4, 0.5) is 11.4 Å². The first-order valence-electron chi connectivity index (χ1n) is 9.25. The predicted octanol–water partition coefficient (Wildman–Crippen LogP) is 7.13. The van der Waals surface area contributed by atoms with Gasteiger partial charge in [-0.2, -0.15) is 0 Å². The van der Waals surface area contributed by atoms with Crippen LogP contribution in [0.3, 0.4) is 0 Å². The fraction of sp³-hybridized carbons (Fsp3) is 0. The zero-order valence-electron chi connectivity index (χ0n) is 16.3. The van der Waals surface area contributed by atoms with Crippen molar-refractivity contribution in [1.29, 1.82) is 0 Å². The Morgan fingerprint density at radius 1 is 0.613 bits per heavy atom. The van der Waals surface area contributed by atoms with Crippen LogP contribution in [0, 0.1) is 0 Å². The van der Waals surface area contributed by atoms with Crippen LogP contribution in [-0.4, -0.2) is 22.6 Å². The second kappa shape index (κ2) is 11.7. The maximum absolute atomic E-state index is 9.96. The molecule has 0 fully saturated rings. The van der Waals surface area contributed by atoms with Crippen molar-refractivity contribution in [2.24, 2.45) is 9.98 Å². The molecule has 4 nitrogen and oxygen atoms in total. The van der Waals surface area contributed by atoms with E-state index in [0.717, 1.165) is 10.8 Å². The third-order valence-electron chi connectivity index (χ3n) is 4.40. The van der Waals surface area contributed by atoms with Crippen molar-refractivity contribution in [3.8, 4) is 11.5 Å². The van der Waals surface area contributed by atoms with Gasteiger partial charge in [0.2, 0.25) is 0 Å². The monoisotopic (exact) mass is 484 g/mol. The summed E-state index contributed by atoms with van der Waals surface area (Å²) >= 11 is -0.556. The molecule has 0 aliphatic rings. The van der Waals surface area contributed by atoms with E-state index in [1.165, 1.54) is 0 Å². The van der Waals surface area contributed by atoms with Gasteiger partial charge in [-0.25, -0.2) is 0 Å². The van der Waals surface area contributed by atoms with E-state index in [1.807, 2.05) is 48.5 Å². The minimum atomic E-state index is -0.556. The molecule has 7 heteroatoms. The van der Waals surface area contributed by atoms with E-state index >= 15 is 0 Å². The van der Waals surface area contributed by atoms with E-state index in [9.17, 15) is 10.2 Å².